The van der Waals surface area contributed by atoms with Crippen LogP contribution in [0.2, 0.25) is 0 Å². The van der Waals surface area contributed by atoms with Crippen LogP contribution in [0.5, 0.6) is 0 Å². The first kappa shape index (κ1) is 32.2. The minimum Gasteiger partial charge on any atom is -0.319 e. The summed E-state index contributed by atoms with van der Waals surface area (Å²) in [4.78, 5) is 2.52. The second-order valence-electron chi connectivity index (χ2n) is 15.0. The maximum atomic E-state index is 2.52. The smallest absolute Gasteiger partial charge is 0.235 e. The van der Waals surface area contributed by atoms with E-state index in [2.05, 4.69) is 216 Å². The maximum Gasteiger partial charge on any atom is 0.235 e. The molecule has 0 bridgehead atoms. The lowest BCUT2D eigenvalue weighted by Gasteiger charge is -2.35. The third-order valence-corrected chi connectivity index (χ3v) is 13.1. The van der Waals surface area contributed by atoms with E-state index < -0.39 is 0 Å². The van der Waals surface area contributed by atoms with Gasteiger partial charge in [-0.25, -0.2) is 0 Å². The summed E-state index contributed by atoms with van der Waals surface area (Å²) >= 11 is 1.89. The van der Waals surface area contributed by atoms with Crippen LogP contribution in [0, 0.1) is 41.7 Å². The number of anilines is 2. The zero-order valence-electron chi connectivity index (χ0n) is 31.0. The molecule has 0 radical (unpaired) electrons. The quantitative estimate of drug-likeness (QED) is 0.163. The lowest BCUT2D eigenvalue weighted by Crippen LogP contribution is -2.44. The Kier molecular flexibility index (Phi) is 7.20. The molecule has 57 heavy (non-hydrogen) atoms. The van der Waals surface area contributed by atoms with Gasteiger partial charge in [0, 0.05) is 50.1 Å². The highest BCUT2D eigenvalue weighted by Crippen LogP contribution is 2.44. The van der Waals surface area contributed by atoms with Crippen LogP contribution in [0.3, 0.4) is 0 Å². The van der Waals surface area contributed by atoms with Gasteiger partial charge in [0.05, 0.1) is 0 Å². The number of fused-ring (bicyclic) bond motifs is 9. The van der Waals surface area contributed by atoms with Crippen molar-refractivity contribution in [3.05, 3.63) is 248 Å². The lowest BCUT2D eigenvalue weighted by atomic mass is 9.94. The molecule has 1 atom stereocenters. The maximum absolute atomic E-state index is 2.52. The predicted molar refractivity (Wildman–Crippen MR) is 238 cm³/mol. The van der Waals surface area contributed by atoms with Crippen molar-refractivity contribution in [2.75, 3.05) is 4.90 Å². The van der Waals surface area contributed by atoms with Gasteiger partial charge in [0.25, 0.3) is 0 Å². The van der Waals surface area contributed by atoms with Crippen molar-refractivity contribution < 1.29 is 0 Å². The minimum absolute atomic E-state index is 0.0131. The van der Waals surface area contributed by atoms with E-state index in [9.17, 15) is 0 Å². The van der Waals surface area contributed by atoms with Crippen LogP contribution in [0.15, 0.2) is 206 Å². The molecule has 0 amide bonds. The molecule has 0 fully saturated rings. The summed E-state index contributed by atoms with van der Waals surface area (Å²) < 4.78 is 5.13. The molecule has 1 unspecified atom stereocenters. The lowest BCUT2D eigenvalue weighted by molar-refractivity contribution is 0.894. The minimum atomic E-state index is 0.0131. The molecule has 2 heterocycles. The number of para-hydroxylation sites is 2. The van der Waals surface area contributed by atoms with Gasteiger partial charge in [0.1, 0.15) is 11.7 Å². The van der Waals surface area contributed by atoms with Crippen molar-refractivity contribution >= 4 is 60.0 Å². The van der Waals surface area contributed by atoms with E-state index in [0.29, 0.717) is 0 Å². The first-order valence-corrected chi connectivity index (χ1v) is 20.5. The van der Waals surface area contributed by atoms with Gasteiger partial charge >= 0.3 is 0 Å². The molecule has 3 heteroatoms. The normalized spacial score (nSPS) is 14.9. The Balaban J connectivity index is 1.27. The Bertz CT molecular complexity index is 3640. The van der Waals surface area contributed by atoms with E-state index in [0.717, 1.165) is 11.4 Å². The summed E-state index contributed by atoms with van der Waals surface area (Å²) in [7, 11) is 0. The average Bonchev–Trinajstić information content (AvgIpc) is 3.67. The summed E-state index contributed by atoms with van der Waals surface area (Å²) in [6, 6.07) is 67.4. The number of hydrogen-bond acceptors (Lipinski definition) is 2. The molecule has 12 rings (SSSR count). The molecule has 2 nitrogen and oxygen atoms in total. The fraction of sp³-hybridized carbons (Fsp3) is 0.0185. The highest BCUT2D eigenvalue weighted by molar-refractivity contribution is 7.26. The SMILES string of the molecule is C1=CC2=[N+](c3ccccc3)c3cc4c(cc3N(c3ccccc3)C2C=C1)=c1ccccc1=c1cc(-c2cccc3c2sc2ccccc23)ccc1=c1ccccc1=4. The second kappa shape index (κ2) is 12.7. The Morgan fingerprint density at radius 2 is 1.09 bits per heavy atom. The Labute approximate surface area is 333 Å². The monoisotopic (exact) mass is 743 g/mol. The molecule has 3 aliphatic rings. The standard InChI is InChI=1S/C54H35N2S/c1-3-16-36(17-4-1)55-49-27-12-13-28-50(49)56(37-18-5-2-6-19-37)52-34-48-42-23-10-9-22-41(42)46-32-35(38-25-15-26-45-44-24-11-14-29-53(44)57-54(38)45)30-31-43(46)39-20-7-8-21-40(39)47(48)33-51(52)55/h1-34,50H/q+1. The third-order valence-electron chi connectivity index (χ3n) is 11.9. The molecule has 2 aliphatic carbocycles. The van der Waals surface area contributed by atoms with E-state index in [1.807, 2.05) is 11.3 Å². The average molecular weight is 744 g/mol. The molecule has 0 N–H and O–H groups in total. The van der Waals surface area contributed by atoms with Gasteiger partial charge in [-0.3, -0.25) is 0 Å². The first-order valence-electron chi connectivity index (χ1n) is 19.6. The van der Waals surface area contributed by atoms with Crippen molar-refractivity contribution in [2.24, 2.45) is 0 Å². The first-order chi connectivity index (χ1) is 28.3. The summed E-state index contributed by atoms with van der Waals surface area (Å²) in [6.07, 6.45) is 8.96. The number of allylic oxidation sites excluding steroid dienone is 2. The highest BCUT2D eigenvalue weighted by atomic mass is 32.1. The summed E-state index contributed by atoms with van der Waals surface area (Å²) in [6.45, 7) is 0. The fourth-order valence-electron chi connectivity index (χ4n) is 9.43. The van der Waals surface area contributed by atoms with Crippen molar-refractivity contribution in [1.82, 2.24) is 4.58 Å². The summed E-state index contributed by atoms with van der Waals surface area (Å²) in [5.74, 6) is 0. The highest BCUT2D eigenvalue weighted by Gasteiger charge is 2.40. The van der Waals surface area contributed by atoms with Gasteiger partial charge in [0.15, 0.2) is 0 Å². The van der Waals surface area contributed by atoms with Crippen molar-refractivity contribution in [1.29, 1.82) is 0 Å². The van der Waals surface area contributed by atoms with Crippen molar-refractivity contribution in [3.63, 3.8) is 0 Å². The van der Waals surface area contributed by atoms with Gasteiger partial charge in [-0.05, 0) is 83.2 Å². The predicted octanol–water partition coefficient (Wildman–Crippen LogP) is 13.1. The van der Waals surface area contributed by atoms with Gasteiger partial charge in [-0.1, -0.05) is 152 Å². The van der Waals surface area contributed by atoms with E-state index in [-0.39, 0.29) is 6.04 Å². The van der Waals surface area contributed by atoms with Crippen LogP contribution in [0.25, 0.3) is 31.3 Å². The second-order valence-corrected chi connectivity index (χ2v) is 16.1. The molecule has 8 aromatic carbocycles. The zero-order valence-corrected chi connectivity index (χ0v) is 31.8. The van der Waals surface area contributed by atoms with Crippen LogP contribution < -0.4 is 9.48 Å². The number of hydrogen-bond donors (Lipinski definition) is 0. The van der Waals surface area contributed by atoms with Crippen LogP contribution in [-0.4, -0.2) is 11.8 Å². The number of benzene rings is 8. The molecular weight excluding hydrogens is 709 g/mol. The topological polar surface area (TPSA) is 6.25 Å². The summed E-state index contributed by atoms with van der Waals surface area (Å²) in [5.41, 5.74) is 8.39. The Morgan fingerprint density at radius 3 is 1.86 bits per heavy atom. The molecule has 1 aromatic heterocycles. The molecule has 266 valence electrons. The van der Waals surface area contributed by atoms with Gasteiger partial charge in [0.2, 0.25) is 17.1 Å². The molecule has 0 saturated carbocycles. The number of nitrogens with zero attached hydrogens (tertiary/aromatic N) is 2. The largest absolute Gasteiger partial charge is 0.319 e. The van der Waals surface area contributed by atoms with Gasteiger partial charge in [-0.2, -0.15) is 4.58 Å². The molecule has 0 saturated heterocycles. The van der Waals surface area contributed by atoms with Crippen LogP contribution >= 0.6 is 11.3 Å². The fourth-order valence-corrected chi connectivity index (χ4v) is 10.7. The zero-order chi connectivity index (χ0) is 37.5. The van der Waals surface area contributed by atoms with E-state index >= 15 is 0 Å². The Hall–Kier alpha value is -7.07. The van der Waals surface area contributed by atoms with Crippen LogP contribution in [0.4, 0.5) is 22.7 Å². The van der Waals surface area contributed by atoms with E-state index in [1.165, 1.54) is 90.1 Å². The van der Waals surface area contributed by atoms with Gasteiger partial charge < -0.3 is 4.90 Å². The number of rotatable bonds is 3. The van der Waals surface area contributed by atoms with Crippen molar-refractivity contribution in [3.8, 4) is 11.1 Å². The van der Waals surface area contributed by atoms with Crippen LogP contribution in [0.1, 0.15) is 0 Å². The van der Waals surface area contributed by atoms with E-state index in [4.69, 9.17) is 0 Å². The number of thiophene rings is 1. The third kappa shape index (κ3) is 4.92. The van der Waals surface area contributed by atoms with Crippen molar-refractivity contribution in [2.45, 2.75) is 6.04 Å². The molecule has 9 aromatic rings. The Morgan fingerprint density at radius 1 is 0.474 bits per heavy atom. The van der Waals surface area contributed by atoms with Gasteiger partial charge in [-0.15, -0.1) is 11.3 Å². The molecule has 1 aliphatic heterocycles. The summed E-state index contributed by atoms with van der Waals surface area (Å²) in [5, 5.41) is 12.5. The molecule has 0 spiro atoms. The van der Waals surface area contributed by atoms with E-state index in [1.54, 1.807) is 0 Å². The molecular formula is C54H35N2S+. The van der Waals surface area contributed by atoms with Crippen LogP contribution in [-0.2, 0) is 0 Å².